The van der Waals surface area contributed by atoms with Crippen LogP contribution in [0.2, 0.25) is 0 Å². The van der Waals surface area contributed by atoms with Gasteiger partial charge in [-0.1, -0.05) is 4.48 Å². The van der Waals surface area contributed by atoms with Gasteiger partial charge in [-0.05, 0) is 24.3 Å². The zero-order valence-electron chi connectivity index (χ0n) is 11.3. The Morgan fingerprint density at radius 1 is 1.13 bits per heavy atom. The van der Waals surface area contributed by atoms with Gasteiger partial charge in [-0.3, -0.25) is 0 Å². The molecule has 12 heteroatoms. The normalized spacial score (nSPS) is 13.3. The van der Waals surface area contributed by atoms with Gasteiger partial charge in [0, 0.05) is 0 Å². The van der Waals surface area contributed by atoms with Gasteiger partial charge in [0.15, 0.2) is 0 Å². The highest BCUT2D eigenvalue weighted by Gasteiger charge is 2.30. The second-order valence-corrected chi connectivity index (χ2v) is 3.88. The van der Waals surface area contributed by atoms with Crippen molar-refractivity contribution in [1.29, 1.82) is 0 Å². The van der Waals surface area contributed by atoms with Crippen LogP contribution in [-0.4, -0.2) is 36.4 Å². The lowest BCUT2D eigenvalue weighted by atomic mass is 10.3. The minimum absolute atomic E-state index is 0.0265. The van der Waals surface area contributed by atoms with Gasteiger partial charge in [0.1, 0.15) is 12.3 Å². The lowest BCUT2D eigenvalue weighted by Gasteiger charge is -2.11. The highest BCUT2D eigenvalue weighted by molar-refractivity contribution is 5.96. The molecule has 0 unspecified atom stereocenters. The van der Waals surface area contributed by atoms with Gasteiger partial charge in [-0.15, -0.1) is 18.3 Å². The van der Waals surface area contributed by atoms with E-state index in [1.807, 2.05) is 0 Å². The average Bonchev–Trinajstić information content (AvgIpc) is 2.44. The van der Waals surface area contributed by atoms with Gasteiger partial charge in [0.05, 0.1) is 5.69 Å². The fourth-order valence-corrected chi connectivity index (χ4v) is 1.24. The molecule has 1 rings (SSSR count). The zero-order chi connectivity index (χ0) is 17.6. The Hall–Kier alpha value is -2.66. The molecule has 0 amide bonds. The molecular weight excluding hydrogens is 332 g/mol. The standard InChI is InChI=1S/C11H11F6N5O/c12-8(13)5-20-9(18)22(17)10(19)21-6-1-3-7(4-2-6)23-11(14,15)16/h1-4,8H,5H2,(H2,18,20)(H2,19,21). The summed E-state index contributed by atoms with van der Waals surface area (Å²) in [6.07, 6.45) is -7.67. The Morgan fingerprint density at radius 2 is 1.70 bits per heavy atom. The fraction of sp³-hybridized carbons (Fsp3) is 0.273. The van der Waals surface area contributed by atoms with E-state index < -0.39 is 42.1 Å². The predicted octanol–water partition coefficient (Wildman–Crippen LogP) is 2.30. The molecule has 0 heterocycles. The van der Waals surface area contributed by atoms with Crippen molar-refractivity contribution in [3.05, 3.63) is 24.3 Å². The molecule has 0 atom stereocenters. The SMILES string of the molecule is NC(=NCC(F)F)N(F)C(N)=Nc1ccc(OC(F)(F)F)cc1. The molecule has 0 fully saturated rings. The third-order valence-corrected chi connectivity index (χ3v) is 2.11. The zero-order valence-corrected chi connectivity index (χ0v) is 11.3. The van der Waals surface area contributed by atoms with E-state index in [0.717, 1.165) is 24.3 Å². The van der Waals surface area contributed by atoms with E-state index in [1.165, 1.54) is 0 Å². The Labute approximate surface area is 126 Å². The molecule has 0 aromatic heterocycles. The van der Waals surface area contributed by atoms with E-state index in [1.54, 1.807) is 0 Å². The molecule has 1 aromatic carbocycles. The number of halogens is 6. The number of nitrogens with two attached hydrogens (primary N) is 2. The highest BCUT2D eigenvalue weighted by Crippen LogP contribution is 2.24. The quantitative estimate of drug-likeness (QED) is 0.380. The van der Waals surface area contributed by atoms with Gasteiger partial charge in [0.25, 0.3) is 6.43 Å². The van der Waals surface area contributed by atoms with Crippen molar-refractivity contribution in [1.82, 2.24) is 5.12 Å². The van der Waals surface area contributed by atoms with Crippen molar-refractivity contribution in [3.8, 4) is 5.75 Å². The molecule has 0 radical (unpaired) electrons. The smallest absolute Gasteiger partial charge is 0.406 e. The molecule has 0 aliphatic rings. The van der Waals surface area contributed by atoms with Gasteiger partial charge in [-0.25, -0.2) is 18.8 Å². The van der Waals surface area contributed by atoms with Crippen LogP contribution >= 0.6 is 0 Å². The van der Waals surface area contributed by atoms with E-state index in [4.69, 9.17) is 11.5 Å². The summed E-state index contributed by atoms with van der Waals surface area (Å²) >= 11 is 0. The largest absolute Gasteiger partial charge is 0.573 e. The maximum atomic E-state index is 13.5. The maximum absolute atomic E-state index is 13.5. The summed E-state index contributed by atoms with van der Waals surface area (Å²) in [4.78, 5) is 6.54. The van der Waals surface area contributed by atoms with Crippen molar-refractivity contribution in [3.63, 3.8) is 0 Å². The number of ether oxygens (including phenoxy) is 1. The monoisotopic (exact) mass is 343 g/mol. The summed E-state index contributed by atoms with van der Waals surface area (Å²) in [6, 6.07) is 3.98. The summed E-state index contributed by atoms with van der Waals surface area (Å²) in [5.41, 5.74) is 10.3. The van der Waals surface area contributed by atoms with Gasteiger partial charge < -0.3 is 16.2 Å². The first kappa shape index (κ1) is 18.4. The summed E-state index contributed by atoms with van der Waals surface area (Å²) in [5, 5.41) is -0.442. The van der Waals surface area contributed by atoms with E-state index in [2.05, 4.69) is 14.7 Å². The molecule has 0 aliphatic heterocycles. The molecule has 23 heavy (non-hydrogen) atoms. The topological polar surface area (TPSA) is 89.2 Å². The summed E-state index contributed by atoms with van der Waals surface area (Å²) in [5.74, 6) is -2.29. The number of guanidine groups is 2. The van der Waals surface area contributed by atoms with Crippen molar-refractivity contribution < 1.29 is 31.2 Å². The van der Waals surface area contributed by atoms with Crippen LogP contribution < -0.4 is 16.2 Å². The van der Waals surface area contributed by atoms with E-state index in [-0.39, 0.29) is 5.69 Å². The van der Waals surface area contributed by atoms with Crippen molar-refractivity contribution in [2.75, 3.05) is 6.54 Å². The molecule has 0 saturated carbocycles. The lowest BCUT2D eigenvalue weighted by molar-refractivity contribution is -0.274. The van der Waals surface area contributed by atoms with Crippen molar-refractivity contribution in [2.24, 2.45) is 21.5 Å². The maximum Gasteiger partial charge on any atom is 0.573 e. The van der Waals surface area contributed by atoms with Crippen LogP contribution in [-0.2, 0) is 0 Å². The minimum Gasteiger partial charge on any atom is -0.406 e. The Balaban J connectivity index is 2.79. The van der Waals surface area contributed by atoms with Crippen molar-refractivity contribution >= 4 is 17.6 Å². The van der Waals surface area contributed by atoms with Gasteiger partial charge in [0.2, 0.25) is 11.9 Å². The Kier molecular flexibility index (Phi) is 6.04. The number of aliphatic imine (C=N–C) groups is 2. The Bertz CT molecular complexity index is 571. The third-order valence-electron chi connectivity index (χ3n) is 2.11. The first-order valence-electron chi connectivity index (χ1n) is 5.82. The second-order valence-electron chi connectivity index (χ2n) is 3.88. The molecule has 6 nitrogen and oxygen atoms in total. The van der Waals surface area contributed by atoms with Gasteiger partial charge in [-0.2, -0.15) is 0 Å². The minimum atomic E-state index is -4.85. The summed E-state index contributed by atoms with van der Waals surface area (Å²) in [6.45, 7) is -1.02. The molecule has 0 spiro atoms. The number of hydrogen-bond acceptors (Lipinski definition) is 3. The number of rotatable bonds is 4. The molecule has 4 N–H and O–H groups in total. The van der Waals surface area contributed by atoms with Crippen molar-refractivity contribution in [2.45, 2.75) is 12.8 Å². The molecule has 0 aliphatic carbocycles. The van der Waals surface area contributed by atoms with E-state index in [0.29, 0.717) is 0 Å². The molecule has 0 bridgehead atoms. The van der Waals surface area contributed by atoms with Crippen LogP contribution in [0, 0.1) is 0 Å². The summed E-state index contributed by atoms with van der Waals surface area (Å²) < 4.78 is 76.9. The second kappa shape index (κ2) is 7.56. The first-order chi connectivity index (χ1) is 10.6. The Morgan fingerprint density at radius 3 is 2.17 bits per heavy atom. The third kappa shape index (κ3) is 6.76. The van der Waals surface area contributed by atoms with Crippen LogP contribution in [0.1, 0.15) is 0 Å². The molecule has 0 saturated heterocycles. The van der Waals surface area contributed by atoms with Crippen LogP contribution in [0.3, 0.4) is 0 Å². The first-order valence-corrected chi connectivity index (χ1v) is 5.82. The van der Waals surface area contributed by atoms with E-state index >= 15 is 0 Å². The number of nitrogens with zero attached hydrogens (tertiary/aromatic N) is 3. The predicted molar refractivity (Wildman–Crippen MR) is 69.8 cm³/mol. The number of alkyl halides is 5. The average molecular weight is 343 g/mol. The number of hydrogen-bond donors (Lipinski definition) is 2. The summed E-state index contributed by atoms with van der Waals surface area (Å²) in [7, 11) is 0. The highest BCUT2D eigenvalue weighted by atomic mass is 19.4. The molecule has 128 valence electrons. The van der Waals surface area contributed by atoms with Crippen LogP contribution in [0.25, 0.3) is 0 Å². The van der Waals surface area contributed by atoms with E-state index in [9.17, 15) is 26.4 Å². The van der Waals surface area contributed by atoms with Crippen LogP contribution in [0.5, 0.6) is 5.75 Å². The fourth-order valence-electron chi connectivity index (χ4n) is 1.24. The van der Waals surface area contributed by atoms with Crippen LogP contribution in [0.15, 0.2) is 34.3 Å². The van der Waals surface area contributed by atoms with Crippen LogP contribution in [0.4, 0.5) is 32.1 Å². The van der Waals surface area contributed by atoms with Gasteiger partial charge >= 0.3 is 6.36 Å². The lowest BCUT2D eigenvalue weighted by Crippen LogP contribution is -2.40. The number of benzene rings is 1. The molecule has 1 aromatic rings. The molecular formula is C11H11F6N5O.